The number of benzene rings is 2. The molecular formula is C18H20N2O2. The molecule has 0 fully saturated rings. The molecule has 0 aliphatic rings. The molecular weight excluding hydrogens is 276 g/mol. The van der Waals surface area contributed by atoms with E-state index < -0.39 is 0 Å². The third kappa shape index (κ3) is 4.27. The zero-order valence-corrected chi connectivity index (χ0v) is 12.8. The largest absolute Gasteiger partial charge is 0.324 e. The fourth-order valence-electron chi connectivity index (χ4n) is 2.20. The van der Waals surface area contributed by atoms with Crippen molar-refractivity contribution in [3.8, 4) is 0 Å². The van der Waals surface area contributed by atoms with Gasteiger partial charge < -0.3 is 10.6 Å². The second-order valence-electron chi connectivity index (χ2n) is 5.16. The van der Waals surface area contributed by atoms with Crippen molar-refractivity contribution in [3.05, 3.63) is 65.7 Å². The first kappa shape index (κ1) is 15.9. The summed E-state index contributed by atoms with van der Waals surface area (Å²) >= 11 is 0. The molecule has 0 saturated heterocycles. The zero-order chi connectivity index (χ0) is 15.9. The lowest BCUT2D eigenvalue weighted by Gasteiger charge is -2.14. The van der Waals surface area contributed by atoms with E-state index in [4.69, 9.17) is 0 Å². The minimum atomic E-state index is -0.170. The molecule has 2 N–H and O–H groups in total. The molecule has 2 aromatic carbocycles. The van der Waals surface area contributed by atoms with Crippen LogP contribution in [0.2, 0.25) is 0 Å². The quantitative estimate of drug-likeness (QED) is 0.805. The summed E-state index contributed by atoms with van der Waals surface area (Å²) in [6.07, 6.45) is 0. The number of carbonyl (C=O) groups excluding carboxylic acids is 2. The van der Waals surface area contributed by atoms with E-state index in [-0.39, 0.29) is 24.3 Å². The van der Waals surface area contributed by atoms with E-state index in [1.807, 2.05) is 37.3 Å². The van der Waals surface area contributed by atoms with Gasteiger partial charge in [-0.05, 0) is 31.5 Å². The van der Waals surface area contributed by atoms with E-state index >= 15 is 0 Å². The number of hydrogen-bond donors (Lipinski definition) is 2. The van der Waals surface area contributed by atoms with Gasteiger partial charge in [-0.15, -0.1) is 0 Å². The van der Waals surface area contributed by atoms with Gasteiger partial charge in [0.1, 0.15) is 0 Å². The molecule has 4 heteroatoms. The maximum absolute atomic E-state index is 12.0. The molecule has 0 aromatic heterocycles. The fourth-order valence-corrected chi connectivity index (χ4v) is 2.20. The molecule has 4 nitrogen and oxygen atoms in total. The molecule has 0 bridgehead atoms. The van der Waals surface area contributed by atoms with Crippen LogP contribution in [0.4, 0.5) is 5.69 Å². The Morgan fingerprint density at radius 2 is 1.64 bits per heavy atom. The number of para-hydroxylation sites is 1. The fraction of sp³-hybridized carbons (Fsp3) is 0.222. The molecule has 0 aliphatic heterocycles. The minimum absolute atomic E-state index is 0.0680. The van der Waals surface area contributed by atoms with Gasteiger partial charge in [0, 0.05) is 11.6 Å². The first-order valence-electron chi connectivity index (χ1n) is 7.26. The van der Waals surface area contributed by atoms with Crippen LogP contribution < -0.4 is 10.6 Å². The monoisotopic (exact) mass is 296 g/mol. The summed E-state index contributed by atoms with van der Waals surface area (Å²) < 4.78 is 0. The molecule has 0 unspecified atom stereocenters. The van der Waals surface area contributed by atoms with Crippen LogP contribution in [-0.4, -0.2) is 18.2 Å². The summed E-state index contributed by atoms with van der Waals surface area (Å²) in [5.74, 6) is -0.238. The summed E-state index contributed by atoms with van der Waals surface area (Å²) in [5.41, 5.74) is 2.19. The maximum Gasteiger partial charge on any atom is 0.238 e. The van der Waals surface area contributed by atoms with E-state index in [0.717, 1.165) is 5.56 Å². The summed E-state index contributed by atoms with van der Waals surface area (Å²) in [6.45, 7) is 3.68. The normalized spacial score (nSPS) is 11.7. The Balaban J connectivity index is 1.93. The van der Waals surface area contributed by atoms with Crippen molar-refractivity contribution < 1.29 is 9.59 Å². The molecule has 114 valence electrons. The van der Waals surface area contributed by atoms with Gasteiger partial charge in [-0.2, -0.15) is 0 Å². The lowest BCUT2D eigenvalue weighted by molar-refractivity contribution is -0.115. The van der Waals surface area contributed by atoms with Crippen LogP contribution in [0.5, 0.6) is 0 Å². The average molecular weight is 296 g/mol. The van der Waals surface area contributed by atoms with Gasteiger partial charge in [0.25, 0.3) is 0 Å². The Labute approximate surface area is 130 Å². The summed E-state index contributed by atoms with van der Waals surface area (Å²) in [5, 5.41) is 5.95. The first-order valence-corrected chi connectivity index (χ1v) is 7.26. The van der Waals surface area contributed by atoms with Crippen LogP contribution in [-0.2, 0) is 4.79 Å². The smallest absolute Gasteiger partial charge is 0.238 e. The second-order valence-corrected chi connectivity index (χ2v) is 5.16. The van der Waals surface area contributed by atoms with Crippen molar-refractivity contribution in [2.75, 3.05) is 11.9 Å². The van der Waals surface area contributed by atoms with Gasteiger partial charge >= 0.3 is 0 Å². The van der Waals surface area contributed by atoms with Gasteiger partial charge in [0.05, 0.1) is 12.2 Å². The van der Waals surface area contributed by atoms with Crippen molar-refractivity contribution in [2.24, 2.45) is 0 Å². The van der Waals surface area contributed by atoms with Crippen LogP contribution in [0, 0.1) is 0 Å². The zero-order valence-electron chi connectivity index (χ0n) is 12.8. The highest BCUT2D eigenvalue weighted by molar-refractivity contribution is 6.04. The highest BCUT2D eigenvalue weighted by Gasteiger charge is 2.11. The Morgan fingerprint density at radius 1 is 1.00 bits per heavy atom. The van der Waals surface area contributed by atoms with Gasteiger partial charge in [0.15, 0.2) is 5.78 Å². The molecule has 0 radical (unpaired) electrons. The molecule has 1 atom stereocenters. The Bertz CT molecular complexity index is 653. The highest BCUT2D eigenvalue weighted by Crippen LogP contribution is 2.15. The van der Waals surface area contributed by atoms with Crippen LogP contribution in [0.15, 0.2) is 54.6 Å². The molecule has 2 aromatic rings. The van der Waals surface area contributed by atoms with Crippen molar-refractivity contribution in [1.82, 2.24) is 5.32 Å². The summed E-state index contributed by atoms with van der Waals surface area (Å²) in [7, 11) is 0. The van der Waals surface area contributed by atoms with Gasteiger partial charge in [-0.1, -0.05) is 42.5 Å². The lowest BCUT2D eigenvalue weighted by atomic mass is 10.1. The molecule has 0 aliphatic carbocycles. The Hall–Kier alpha value is -2.46. The molecule has 2 rings (SSSR count). The number of carbonyl (C=O) groups is 2. The predicted molar refractivity (Wildman–Crippen MR) is 87.9 cm³/mol. The van der Waals surface area contributed by atoms with Gasteiger partial charge in [0.2, 0.25) is 5.91 Å². The van der Waals surface area contributed by atoms with Gasteiger partial charge in [-0.25, -0.2) is 0 Å². The third-order valence-electron chi connectivity index (χ3n) is 3.45. The Kier molecular flexibility index (Phi) is 5.44. The summed E-state index contributed by atoms with van der Waals surface area (Å²) in [4.78, 5) is 23.6. The topological polar surface area (TPSA) is 58.2 Å². The first-order chi connectivity index (χ1) is 10.6. The maximum atomic E-state index is 12.0. The standard InChI is InChI=1S/C18H20N2O2/c1-13(15-8-4-3-5-9-15)19-12-18(22)20-17-11-7-6-10-16(17)14(2)21/h3-11,13,19H,12H2,1-2H3,(H,20,22)/t13-/m1/s1. The average Bonchev–Trinajstić information content (AvgIpc) is 2.53. The van der Waals surface area contributed by atoms with Crippen LogP contribution in [0.1, 0.15) is 35.8 Å². The van der Waals surface area contributed by atoms with Crippen LogP contribution in [0.3, 0.4) is 0 Å². The SMILES string of the molecule is CC(=O)c1ccccc1NC(=O)CN[C@H](C)c1ccccc1. The van der Waals surface area contributed by atoms with Crippen molar-refractivity contribution in [2.45, 2.75) is 19.9 Å². The van der Waals surface area contributed by atoms with Crippen molar-refractivity contribution in [1.29, 1.82) is 0 Å². The molecule has 0 spiro atoms. The number of anilines is 1. The second kappa shape index (κ2) is 7.52. The molecule has 0 saturated carbocycles. The van der Waals surface area contributed by atoms with Crippen LogP contribution >= 0.6 is 0 Å². The van der Waals surface area contributed by atoms with Crippen molar-refractivity contribution in [3.63, 3.8) is 0 Å². The van der Waals surface area contributed by atoms with E-state index in [1.54, 1.807) is 24.3 Å². The third-order valence-corrected chi connectivity index (χ3v) is 3.45. The number of Topliss-reactive ketones (excluding diaryl/α,β-unsaturated/α-hetero) is 1. The van der Waals surface area contributed by atoms with E-state index in [9.17, 15) is 9.59 Å². The minimum Gasteiger partial charge on any atom is -0.324 e. The van der Waals surface area contributed by atoms with E-state index in [0.29, 0.717) is 11.3 Å². The number of nitrogens with one attached hydrogen (secondary N) is 2. The number of hydrogen-bond acceptors (Lipinski definition) is 3. The number of ketones is 1. The van der Waals surface area contributed by atoms with Crippen molar-refractivity contribution >= 4 is 17.4 Å². The van der Waals surface area contributed by atoms with Crippen LogP contribution in [0.25, 0.3) is 0 Å². The predicted octanol–water partition coefficient (Wildman–Crippen LogP) is 3.18. The lowest BCUT2D eigenvalue weighted by Crippen LogP contribution is -2.30. The molecule has 0 heterocycles. The Morgan fingerprint density at radius 3 is 2.32 bits per heavy atom. The molecule has 22 heavy (non-hydrogen) atoms. The number of amides is 1. The number of rotatable bonds is 6. The molecule has 1 amide bonds. The van der Waals surface area contributed by atoms with E-state index in [1.165, 1.54) is 6.92 Å². The highest BCUT2D eigenvalue weighted by atomic mass is 16.2. The van der Waals surface area contributed by atoms with E-state index in [2.05, 4.69) is 10.6 Å². The summed E-state index contributed by atoms with van der Waals surface area (Å²) in [6, 6.07) is 17.0. The van der Waals surface area contributed by atoms with Gasteiger partial charge in [-0.3, -0.25) is 9.59 Å².